The largest absolute Gasteiger partial charge is 0.480 e. The quantitative estimate of drug-likeness (QED) is 0.349. The molecule has 0 spiro atoms. The topological polar surface area (TPSA) is 64.4 Å². The Kier molecular flexibility index (Phi) is 8.41. The Labute approximate surface area is 206 Å². The minimum Gasteiger partial charge on any atom is -0.480 e. The van der Waals surface area contributed by atoms with Crippen molar-refractivity contribution in [3.8, 4) is 22.4 Å². The van der Waals surface area contributed by atoms with Crippen LogP contribution in [0.5, 0.6) is 0 Å². The third-order valence-electron chi connectivity index (χ3n) is 6.65. The molecule has 1 aliphatic rings. The van der Waals surface area contributed by atoms with E-state index in [9.17, 15) is 4.79 Å². The van der Waals surface area contributed by atoms with E-state index in [1.54, 1.807) is 0 Å². The zero-order chi connectivity index (χ0) is 23.9. The number of carbonyl (C=O) groups is 1. The Bertz CT molecular complexity index is 1090. The van der Waals surface area contributed by atoms with Gasteiger partial charge in [-0.3, -0.25) is 4.68 Å². The van der Waals surface area contributed by atoms with Crippen LogP contribution < -0.4 is 0 Å². The summed E-state index contributed by atoms with van der Waals surface area (Å²) in [5, 5.41) is 14.7. The Balaban J connectivity index is 1.60. The normalized spacial score (nSPS) is 18.2. The highest BCUT2D eigenvalue weighted by molar-refractivity contribution is 6.30. The lowest BCUT2D eigenvalue weighted by Gasteiger charge is -2.28. The number of halogens is 1. The van der Waals surface area contributed by atoms with Crippen molar-refractivity contribution in [1.29, 1.82) is 0 Å². The van der Waals surface area contributed by atoms with Crippen molar-refractivity contribution in [1.82, 2.24) is 9.78 Å². The Morgan fingerprint density at radius 3 is 2.44 bits per heavy atom. The molecule has 34 heavy (non-hydrogen) atoms. The van der Waals surface area contributed by atoms with E-state index in [2.05, 4.69) is 41.9 Å². The van der Waals surface area contributed by atoms with Crippen molar-refractivity contribution in [3.63, 3.8) is 0 Å². The molecule has 0 atom stereocenters. The number of rotatable bonds is 10. The van der Waals surface area contributed by atoms with Crippen molar-refractivity contribution in [2.45, 2.75) is 52.0 Å². The molecule has 1 N–H and O–H groups in total. The van der Waals surface area contributed by atoms with Crippen molar-refractivity contribution in [2.24, 2.45) is 11.8 Å². The minimum atomic E-state index is -0.904. The lowest BCUT2D eigenvalue weighted by atomic mass is 9.82. The van der Waals surface area contributed by atoms with Crippen molar-refractivity contribution in [2.75, 3.05) is 13.2 Å². The number of carboxylic acids is 1. The van der Waals surface area contributed by atoms with E-state index in [4.69, 9.17) is 26.5 Å². The van der Waals surface area contributed by atoms with Gasteiger partial charge in [0.2, 0.25) is 0 Å². The van der Waals surface area contributed by atoms with E-state index in [0.29, 0.717) is 18.4 Å². The molecule has 0 radical (unpaired) electrons. The molecular weight excluding hydrogens is 448 g/mol. The average Bonchev–Trinajstić information content (AvgIpc) is 3.18. The molecule has 1 aliphatic carbocycles. The number of aryl methyl sites for hydroxylation is 1. The molecule has 0 amide bonds. The number of hydrogen-bond acceptors (Lipinski definition) is 3. The Morgan fingerprint density at radius 2 is 1.76 bits per heavy atom. The minimum absolute atomic E-state index is 0.208. The fourth-order valence-electron chi connectivity index (χ4n) is 5.03. The van der Waals surface area contributed by atoms with Gasteiger partial charge in [0.05, 0.1) is 18.0 Å². The maximum absolute atomic E-state index is 10.7. The summed E-state index contributed by atoms with van der Waals surface area (Å²) >= 11 is 6.38. The smallest absolute Gasteiger partial charge is 0.329 e. The van der Waals surface area contributed by atoms with Gasteiger partial charge < -0.3 is 9.84 Å². The van der Waals surface area contributed by atoms with Crippen LogP contribution in [0.15, 0.2) is 54.6 Å². The first-order chi connectivity index (χ1) is 16.5. The second kappa shape index (κ2) is 11.7. The van der Waals surface area contributed by atoms with E-state index >= 15 is 0 Å². The van der Waals surface area contributed by atoms with E-state index in [1.165, 1.54) is 16.8 Å². The number of nitrogens with zero attached hydrogens (tertiary/aromatic N) is 2. The molecule has 0 bridgehead atoms. The molecule has 4 rings (SSSR count). The molecule has 1 saturated carbocycles. The van der Waals surface area contributed by atoms with Crippen molar-refractivity contribution >= 4 is 17.6 Å². The molecule has 1 heterocycles. The van der Waals surface area contributed by atoms with Gasteiger partial charge >= 0.3 is 5.97 Å². The monoisotopic (exact) mass is 480 g/mol. The Hall–Kier alpha value is -2.63. The van der Waals surface area contributed by atoms with E-state index in [0.717, 1.165) is 61.3 Å². The molecule has 0 aliphatic heterocycles. The molecule has 2 aromatic carbocycles. The molecule has 5 nitrogen and oxygen atoms in total. The van der Waals surface area contributed by atoms with Crippen LogP contribution in [0, 0.1) is 11.8 Å². The van der Waals surface area contributed by atoms with Gasteiger partial charge in [-0.15, -0.1) is 0 Å². The second-order valence-electron chi connectivity index (χ2n) is 9.27. The molecule has 0 unspecified atom stereocenters. The predicted molar refractivity (Wildman–Crippen MR) is 136 cm³/mol. The van der Waals surface area contributed by atoms with Crippen LogP contribution in [-0.4, -0.2) is 34.1 Å². The molecule has 1 fully saturated rings. The molecule has 3 aromatic rings. The SMILES string of the molecule is CCCc1nn(C[C@H]2CC[C@@H](COCC(=O)O)CC2)c(-c2ccccc2)c1-c1cccc(Cl)c1. The van der Waals surface area contributed by atoms with Crippen LogP contribution in [0.1, 0.15) is 44.7 Å². The van der Waals surface area contributed by atoms with Crippen LogP contribution in [-0.2, 0) is 22.5 Å². The highest BCUT2D eigenvalue weighted by atomic mass is 35.5. The number of aromatic nitrogens is 2. The molecule has 180 valence electrons. The third kappa shape index (κ3) is 6.08. The lowest BCUT2D eigenvalue weighted by molar-refractivity contribution is -0.142. The summed E-state index contributed by atoms with van der Waals surface area (Å²) in [6.45, 7) is 3.40. The van der Waals surface area contributed by atoms with Gasteiger partial charge in [0.1, 0.15) is 6.61 Å². The van der Waals surface area contributed by atoms with Crippen LogP contribution >= 0.6 is 11.6 Å². The van der Waals surface area contributed by atoms with Gasteiger partial charge in [-0.25, -0.2) is 4.79 Å². The average molecular weight is 481 g/mol. The fraction of sp³-hybridized carbons (Fsp3) is 0.429. The number of benzene rings is 2. The molecule has 6 heteroatoms. The number of ether oxygens (including phenoxy) is 1. The first kappa shape index (κ1) is 24.5. The highest BCUT2D eigenvalue weighted by Crippen LogP contribution is 2.38. The van der Waals surface area contributed by atoms with E-state index in [1.807, 2.05) is 24.3 Å². The van der Waals surface area contributed by atoms with Crippen molar-refractivity contribution in [3.05, 3.63) is 65.3 Å². The summed E-state index contributed by atoms with van der Waals surface area (Å²) in [5.41, 5.74) is 5.76. The summed E-state index contributed by atoms with van der Waals surface area (Å²) in [6.07, 6.45) is 6.28. The molecule has 0 saturated heterocycles. The van der Waals surface area contributed by atoms with Gasteiger partial charge in [0.25, 0.3) is 0 Å². The van der Waals surface area contributed by atoms with E-state index in [-0.39, 0.29) is 6.61 Å². The van der Waals surface area contributed by atoms with Gasteiger partial charge in [-0.1, -0.05) is 67.4 Å². The number of hydrogen-bond donors (Lipinski definition) is 1. The number of carboxylic acid groups (broad SMARTS) is 1. The fourth-order valence-corrected chi connectivity index (χ4v) is 5.22. The zero-order valence-electron chi connectivity index (χ0n) is 19.8. The van der Waals surface area contributed by atoms with Gasteiger partial charge in [-0.2, -0.15) is 5.10 Å². The zero-order valence-corrected chi connectivity index (χ0v) is 20.5. The van der Waals surface area contributed by atoms with Crippen LogP contribution in [0.2, 0.25) is 5.02 Å². The third-order valence-corrected chi connectivity index (χ3v) is 6.88. The van der Waals surface area contributed by atoms with Gasteiger partial charge in [-0.05, 0) is 61.6 Å². The van der Waals surface area contributed by atoms with Gasteiger partial charge in [0, 0.05) is 22.7 Å². The van der Waals surface area contributed by atoms with Crippen LogP contribution in [0.4, 0.5) is 0 Å². The lowest BCUT2D eigenvalue weighted by Crippen LogP contribution is -2.23. The first-order valence-corrected chi connectivity index (χ1v) is 12.6. The standard InChI is InChI=1S/C28H33ClN2O3/c1-2-7-25-27(23-10-6-11-24(29)16-23)28(22-8-4-3-5-9-22)31(30-25)17-20-12-14-21(15-13-20)18-34-19-26(32)33/h3-6,8-11,16,20-21H,2,7,12-15,17-19H2,1H3,(H,32,33)/t20-,21+. The summed E-state index contributed by atoms with van der Waals surface area (Å²) in [5.74, 6) is 0.0819. The second-order valence-corrected chi connectivity index (χ2v) is 9.71. The summed E-state index contributed by atoms with van der Waals surface area (Å²) in [4.78, 5) is 10.7. The first-order valence-electron chi connectivity index (χ1n) is 12.3. The van der Waals surface area contributed by atoms with Crippen LogP contribution in [0.25, 0.3) is 22.4 Å². The van der Waals surface area contributed by atoms with Crippen molar-refractivity contribution < 1.29 is 14.6 Å². The van der Waals surface area contributed by atoms with Crippen LogP contribution in [0.3, 0.4) is 0 Å². The van der Waals surface area contributed by atoms with Gasteiger partial charge in [0.15, 0.2) is 0 Å². The summed E-state index contributed by atoms with van der Waals surface area (Å²) in [7, 11) is 0. The highest BCUT2D eigenvalue weighted by Gasteiger charge is 2.26. The maximum atomic E-state index is 10.7. The number of aliphatic carboxylic acids is 1. The van der Waals surface area contributed by atoms with E-state index < -0.39 is 5.97 Å². The molecule has 1 aromatic heterocycles. The Morgan fingerprint density at radius 1 is 1.06 bits per heavy atom. The molecular formula is C28H33ClN2O3. The summed E-state index contributed by atoms with van der Waals surface area (Å²) < 4.78 is 7.57. The predicted octanol–water partition coefficient (Wildman–Crippen LogP) is 6.73. The maximum Gasteiger partial charge on any atom is 0.329 e. The summed E-state index contributed by atoms with van der Waals surface area (Å²) in [6, 6.07) is 18.6.